The van der Waals surface area contributed by atoms with Gasteiger partial charge in [-0.15, -0.1) is 0 Å². The molecule has 0 aliphatic carbocycles. The lowest BCUT2D eigenvalue weighted by atomic mass is 10.1. The van der Waals surface area contributed by atoms with Crippen LogP contribution in [-0.4, -0.2) is 24.2 Å². The SMILES string of the molecule is COc1ccc(NC(=O)/C(C#N)=C2\SC(Cc3ccccc3)C(=O)N2c2ccccc2)cc1. The van der Waals surface area contributed by atoms with Gasteiger partial charge in [0.2, 0.25) is 5.91 Å². The van der Waals surface area contributed by atoms with Crippen LogP contribution in [0.1, 0.15) is 5.56 Å². The van der Waals surface area contributed by atoms with Crippen LogP contribution in [0.3, 0.4) is 0 Å². The highest BCUT2D eigenvalue weighted by atomic mass is 32.2. The van der Waals surface area contributed by atoms with E-state index in [1.54, 1.807) is 43.5 Å². The predicted octanol–water partition coefficient (Wildman–Crippen LogP) is 4.76. The average Bonchev–Trinajstić information content (AvgIpc) is 3.16. The molecule has 1 saturated heterocycles. The normalized spacial score (nSPS) is 16.8. The topological polar surface area (TPSA) is 82.4 Å². The average molecular weight is 456 g/mol. The molecule has 3 aromatic carbocycles. The third kappa shape index (κ3) is 4.92. The molecule has 4 rings (SSSR count). The summed E-state index contributed by atoms with van der Waals surface area (Å²) in [6, 6.07) is 27.6. The molecule has 6 nitrogen and oxygen atoms in total. The van der Waals surface area contributed by atoms with Crippen LogP contribution >= 0.6 is 11.8 Å². The van der Waals surface area contributed by atoms with Gasteiger partial charge in [0.25, 0.3) is 5.91 Å². The Morgan fingerprint density at radius 1 is 1.03 bits per heavy atom. The number of benzene rings is 3. The fraction of sp³-hybridized carbons (Fsp3) is 0.115. The number of hydrogen-bond acceptors (Lipinski definition) is 5. The zero-order valence-corrected chi connectivity index (χ0v) is 18.7. The number of carbonyl (C=O) groups excluding carboxylic acids is 2. The van der Waals surface area contributed by atoms with Gasteiger partial charge < -0.3 is 10.1 Å². The van der Waals surface area contributed by atoms with Crippen molar-refractivity contribution in [2.45, 2.75) is 11.7 Å². The molecule has 0 aromatic heterocycles. The van der Waals surface area contributed by atoms with Gasteiger partial charge >= 0.3 is 0 Å². The molecule has 0 saturated carbocycles. The molecule has 1 fully saturated rings. The van der Waals surface area contributed by atoms with Gasteiger partial charge in [-0.25, -0.2) is 0 Å². The van der Waals surface area contributed by atoms with Crippen LogP contribution < -0.4 is 15.0 Å². The van der Waals surface area contributed by atoms with Crippen molar-refractivity contribution in [3.8, 4) is 11.8 Å². The van der Waals surface area contributed by atoms with Crippen molar-refractivity contribution in [3.05, 3.63) is 101 Å². The molecule has 1 unspecified atom stereocenters. The predicted molar refractivity (Wildman–Crippen MR) is 130 cm³/mol. The standard InChI is InChI=1S/C26H21N3O3S/c1-32-21-14-12-19(13-15-21)28-24(30)22(17-27)26-29(20-10-6-3-7-11-20)25(31)23(33-26)16-18-8-4-2-5-9-18/h2-15,23H,16H2,1H3,(H,28,30)/b26-22-. The first-order chi connectivity index (χ1) is 16.1. The number of nitrogens with one attached hydrogen (secondary N) is 1. The van der Waals surface area contributed by atoms with E-state index in [9.17, 15) is 14.9 Å². The van der Waals surface area contributed by atoms with E-state index in [2.05, 4.69) is 5.32 Å². The molecule has 3 aromatic rings. The molecule has 1 heterocycles. The Morgan fingerprint density at radius 3 is 2.27 bits per heavy atom. The molecule has 1 aliphatic rings. The van der Waals surface area contributed by atoms with Crippen molar-refractivity contribution >= 4 is 35.0 Å². The number of anilines is 2. The number of ether oxygens (including phenoxy) is 1. The number of nitriles is 1. The number of thioether (sulfide) groups is 1. The maximum atomic E-state index is 13.4. The van der Waals surface area contributed by atoms with Crippen molar-refractivity contribution in [1.82, 2.24) is 0 Å². The lowest BCUT2D eigenvalue weighted by Crippen LogP contribution is -2.30. The van der Waals surface area contributed by atoms with E-state index in [1.165, 1.54) is 16.7 Å². The maximum absolute atomic E-state index is 13.4. The molecular weight excluding hydrogens is 434 g/mol. The van der Waals surface area contributed by atoms with Gasteiger partial charge in [-0.05, 0) is 48.4 Å². The van der Waals surface area contributed by atoms with Gasteiger partial charge in [0.1, 0.15) is 22.4 Å². The lowest BCUT2D eigenvalue weighted by Gasteiger charge is -2.18. The van der Waals surface area contributed by atoms with Gasteiger partial charge in [-0.2, -0.15) is 5.26 Å². The van der Waals surface area contributed by atoms with Crippen LogP contribution in [0.25, 0.3) is 0 Å². The second-order valence-electron chi connectivity index (χ2n) is 7.28. The molecule has 0 spiro atoms. The fourth-order valence-corrected chi connectivity index (χ4v) is 4.80. The van der Waals surface area contributed by atoms with Gasteiger partial charge in [0.15, 0.2) is 0 Å². The molecule has 1 N–H and O–H groups in total. The first kappa shape index (κ1) is 22.2. The monoisotopic (exact) mass is 455 g/mol. The summed E-state index contributed by atoms with van der Waals surface area (Å²) in [7, 11) is 1.56. The van der Waals surface area contributed by atoms with Crippen LogP contribution in [-0.2, 0) is 16.0 Å². The van der Waals surface area contributed by atoms with Crippen molar-refractivity contribution in [2.75, 3.05) is 17.3 Å². The van der Waals surface area contributed by atoms with Crippen LogP contribution in [0.5, 0.6) is 5.75 Å². The van der Waals surface area contributed by atoms with Gasteiger partial charge in [0.05, 0.1) is 12.4 Å². The summed E-state index contributed by atoms with van der Waals surface area (Å²) in [5.41, 5.74) is 2.04. The van der Waals surface area contributed by atoms with E-state index in [1.807, 2.05) is 54.6 Å². The number of hydrogen-bond donors (Lipinski definition) is 1. The van der Waals surface area contributed by atoms with E-state index in [-0.39, 0.29) is 11.5 Å². The van der Waals surface area contributed by atoms with E-state index >= 15 is 0 Å². The van der Waals surface area contributed by atoms with Crippen molar-refractivity contribution in [2.24, 2.45) is 0 Å². The molecule has 33 heavy (non-hydrogen) atoms. The van der Waals surface area contributed by atoms with Gasteiger partial charge in [-0.3, -0.25) is 14.5 Å². The maximum Gasteiger partial charge on any atom is 0.269 e. The smallest absolute Gasteiger partial charge is 0.269 e. The summed E-state index contributed by atoms with van der Waals surface area (Å²) in [6.45, 7) is 0. The highest BCUT2D eigenvalue weighted by Crippen LogP contribution is 2.42. The van der Waals surface area contributed by atoms with E-state index < -0.39 is 11.2 Å². The first-order valence-electron chi connectivity index (χ1n) is 10.3. The van der Waals surface area contributed by atoms with E-state index in [4.69, 9.17) is 4.74 Å². The highest BCUT2D eigenvalue weighted by molar-refractivity contribution is 8.05. The van der Waals surface area contributed by atoms with Gasteiger partial charge in [-0.1, -0.05) is 60.3 Å². The number of nitrogens with zero attached hydrogens (tertiary/aromatic N) is 2. The molecule has 1 aliphatic heterocycles. The van der Waals surface area contributed by atoms with Crippen molar-refractivity contribution in [1.29, 1.82) is 5.26 Å². The number of methoxy groups -OCH3 is 1. The zero-order valence-electron chi connectivity index (χ0n) is 17.9. The molecule has 7 heteroatoms. The van der Waals surface area contributed by atoms with Crippen molar-refractivity contribution < 1.29 is 14.3 Å². The lowest BCUT2D eigenvalue weighted by molar-refractivity contribution is -0.117. The zero-order chi connectivity index (χ0) is 23.2. The quantitative estimate of drug-likeness (QED) is 0.428. The van der Waals surface area contributed by atoms with Crippen molar-refractivity contribution in [3.63, 3.8) is 0 Å². The van der Waals surface area contributed by atoms with Crippen LogP contribution in [0, 0.1) is 11.3 Å². The second kappa shape index (κ2) is 10.1. The number of para-hydroxylation sites is 1. The number of amides is 2. The Bertz CT molecular complexity index is 1220. The Labute approximate surface area is 196 Å². The third-order valence-electron chi connectivity index (χ3n) is 5.13. The molecule has 1 atom stereocenters. The Kier molecular flexibility index (Phi) is 6.77. The van der Waals surface area contributed by atoms with Crippen LogP contribution in [0.15, 0.2) is 95.5 Å². The summed E-state index contributed by atoms with van der Waals surface area (Å²) in [5, 5.41) is 12.5. The second-order valence-corrected chi connectivity index (χ2v) is 8.47. The molecule has 2 amide bonds. The molecule has 164 valence electrons. The fourth-order valence-electron chi connectivity index (χ4n) is 3.50. The number of carbonyl (C=O) groups is 2. The minimum Gasteiger partial charge on any atom is -0.497 e. The highest BCUT2D eigenvalue weighted by Gasteiger charge is 2.40. The minimum absolute atomic E-state index is 0.108. The Hall–Kier alpha value is -4.02. The van der Waals surface area contributed by atoms with Crippen LogP contribution in [0.2, 0.25) is 0 Å². The molecule has 0 bridgehead atoms. The summed E-state index contributed by atoms with van der Waals surface area (Å²) in [5.74, 6) is -0.0721. The summed E-state index contributed by atoms with van der Waals surface area (Å²) in [4.78, 5) is 27.9. The third-order valence-corrected chi connectivity index (χ3v) is 6.39. The van der Waals surface area contributed by atoms with Crippen LogP contribution in [0.4, 0.5) is 11.4 Å². The summed E-state index contributed by atoms with van der Waals surface area (Å²) >= 11 is 1.25. The Morgan fingerprint density at radius 2 is 1.67 bits per heavy atom. The number of rotatable bonds is 6. The Balaban J connectivity index is 1.68. The summed E-state index contributed by atoms with van der Waals surface area (Å²) < 4.78 is 5.14. The molecule has 0 radical (unpaired) electrons. The van der Waals surface area contributed by atoms with E-state index in [0.29, 0.717) is 28.6 Å². The molecular formula is C26H21N3O3S. The largest absolute Gasteiger partial charge is 0.497 e. The van der Waals surface area contributed by atoms with E-state index in [0.717, 1.165) is 5.56 Å². The summed E-state index contributed by atoms with van der Waals surface area (Å²) in [6.07, 6.45) is 0.496. The first-order valence-corrected chi connectivity index (χ1v) is 11.2. The minimum atomic E-state index is -0.570. The van der Waals surface area contributed by atoms with Gasteiger partial charge in [0, 0.05) is 11.4 Å².